The zero-order chi connectivity index (χ0) is 24.0. The van der Waals surface area contributed by atoms with Crippen molar-refractivity contribution in [2.45, 2.75) is 51.6 Å². The predicted molar refractivity (Wildman–Crippen MR) is 132 cm³/mol. The van der Waals surface area contributed by atoms with Crippen molar-refractivity contribution in [3.63, 3.8) is 0 Å². The third-order valence-electron chi connectivity index (χ3n) is 6.63. The lowest BCUT2D eigenvalue weighted by atomic mass is 10.0. The number of carbonyl (C=O) groups excluding carboxylic acids is 1. The van der Waals surface area contributed by atoms with Gasteiger partial charge in [0.1, 0.15) is 0 Å². The van der Waals surface area contributed by atoms with Gasteiger partial charge in [-0.2, -0.15) is 0 Å². The molecule has 178 valence electrons. The number of nitro benzene ring substituents is 1. The lowest BCUT2D eigenvalue weighted by molar-refractivity contribution is -0.384. The van der Waals surface area contributed by atoms with Crippen molar-refractivity contribution < 1.29 is 9.72 Å². The first-order chi connectivity index (χ1) is 15.8. The number of non-ortho nitro benzene ring substituents is 1. The maximum absolute atomic E-state index is 13.3. The number of aliphatic imine (C=N–C) groups is 1. The lowest BCUT2D eigenvalue weighted by Crippen LogP contribution is -2.46. The maximum Gasteiger partial charge on any atom is 0.270 e. The van der Waals surface area contributed by atoms with Gasteiger partial charge < -0.3 is 9.80 Å². The Kier molecular flexibility index (Phi) is 8.52. The third-order valence-corrected chi connectivity index (χ3v) is 6.63. The van der Waals surface area contributed by atoms with Gasteiger partial charge in [-0.15, -0.1) is 0 Å². The van der Waals surface area contributed by atoms with Gasteiger partial charge in [0.05, 0.1) is 16.2 Å². The topological polar surface area (TPSA) is 82.3 Å². The van der Waals surface area contributed by atoms with E-state index in [9.17, 15) is 14.9 Å². The van der Waals surface area contributed by atoms with Crippen molar-refractivity contribution in [3.8, 4) is 0 Å². The van der Waals surface area contributed by atoms with Crippen molar-refractivity contribution in [1.29, 1.82) is 0 Å². The molecule has 2 aliphatic heterocycles. The van der Waals surface area contributed by atoms with E-state index in [0.29, 0.717) is 17.4 Å². The molecule has 0 aromatic heterocycles. The maximum atomic E-state index is 13.3. The number of hydrogen-bond acceptors (Lipinski definition) is 6. The van der Waals surface area contributed by atoms with Crippen molar-refractivity contribution in [2.24, 2.45) is 4.99 Å². The molecule has 8 heteroatoms. The number of likely N-dealkylation sites (N-methyl/N-ethyl adjacent to an activating group) is 1. The molecule has 3 rings (SSSR count). The van der Waals surface area contributed by atoms with Gasteiger partial charge in [-0.3, -0.25) is 24.8 Å². The Morgan fingerprint density at radius 1 is 1.21 bits per heavy atom. The number of amides is 1. The highest BCUT2D eigenvalue weighted by molar-refractivity contribution is 6.01. The summed E-state index contributed by atoms with van der Waals surface area (Å²) in [5, 5.41) is 11.4. The van der Waals surface area contributed by atoms with Crippen LogP contribution in [-0.4, -0.2) is 77.6 Å². The van der Waals surface area contributed by atoms with Crippen LogP contribution in [0.25, 0.3) is 0 Å². The van der Waals surface area contributed by atoms with E-state index in [1.807, 2.05) is 38.3 Å². The molecule has 2 aliphatic rings. The van der Waals surface area contributed by atoms with Gasteiger partial charge in [0, 0.05) is 43.2 Å². The minimum absolute atomic E-state index is 0.118. The third kappa shape index (κ3) is 5.94. The molecule has 0 bridgehead atoms. The molecular formula is C25H35N5O3. The van der Waals surface area contributed by atoms with Gasteiger partial charge in [-0.1, -0.05) is 12.2 Å². The van der Waals surface area contributed by atoms with Crippen molar-refractivity contribution >= 4 is 23.5 Å². The average Bonchev–Trinajstić information content (AvgIpc) is 3.29. The number of nitro groups is 1. The van der Waals surface area contributed by atoms with Gasteiger partial charge in [-0.05, 0) is 78.4 Å². The molecule has 0 radical (unpaired) electrons. The average molecular weight is 454 g/mol. The summed E-state index contributed by atoms with van der Waals surface area (Å²) in [5.74, 6) is -0.323. The fourth-order valence-corrected chi connectivity index (χ4v) is 4.71. The number of benzene rings is 1. The Hall–Kier alpha value is -2.84. The highest BCUT2D eigenvalue weighted by Crippen LogP contribution is 2.29. The molecule has 1 aromatic carbocycles. The molecule has 1 aromatic rings. The van der Waals surface area contributed by atoms with E-state index >= 15 is 0 Å². The number of allylic oxidation sites excluding steroid dienone is 3. The van der Waals surface area contributed by atoms with Gasteiger partial charge in [0.25, 0.3) is 11.6 Å². The molecule has 0 N–H and O–H groups in total. The number of nitrogens with zero attached hydrogens (tertiary/aromatic N) is 5. The van der Waals surface area contributed by atoms with Gasteiger partial charge in [-0.25, -0.2) is 0 Å². The number of rotatable bonds is 7. The molecule has 33 heavy (non-hydrogen) atoms. The summed E-state index contributed by atoms with van der Waals surface area (Å²) >= 11 is 0. The summed E-state index contributed by atoms with van der Waals surface area (Å²) in [7, 11) is 3.83. The van der Waals surface area contributed by atoms with Crippen LogP contribution < -0.4 is 0 Å². The molecule has 1 atom stereocenters. The summed E-state index contributed by atoms with van der Waals surface area (Å²) in [5.41, 5.74) is 1.29. The predicted octanol–water partition coefficient (Wildman–Crippen LogP) is 4.41. The van der Waals surface area contributed by atoms with Crippen LogP contribution in [0.15, 0.2) is 47.1 Å². The second-order valence-electron chi connectivity index (χ2n) is 8.80. The Morgan fingerprint density at radius 3 is 2.58 bits per heavy atom. The SMILES string of the molecule is C/C=C\C(=C/C)N(C)C(=O)c1cc([N+](=O)[O-])ccc1N=CC1CCCN1C1CCN(C)CC1. The van der Waals surface area contributed by atoms with Gasteiger partial charge >= 0.3 is 0 Å². The summed E-state index contributed by atoms with van der Waals surface area (Å²) < 4.78 is 0. The van der Waals surface area contributed by atoms with Crippen LogP contribution in [-0.2, 0) is 0 Å². The van der Waals surface area contributed by atoms with E-state index in [1.54, 1.807) is 13.1 Å². The number of carbonyl (C=O) groups is 1. The van der Waals surface area contributed by atoms with E-state index in [0.717, 1.165) is 45.3 Å². The van der Waals surface area contributed by atoms with Crippen LogP contribution in [0, 0.1) is 10.1 Å². The molecule has 2 saturated heterocycles. The first-order valence-electron chi connectivity index (χ1n) is 11.7. The summed E-state index contributed by atoms with van der Waals surface area (Å²) in [6, 6.07) is 5.11. The summed E-state index contributed by atoms with van der Waals surface area (Å²) in [4.78, 5) is 35.3. The summed E-state index contributed by atoms with van der Waals surface area (Å²) in [6.45, 7) is 7.01. The molecule has 8 nitrogen and oxygen atoms in total. The Morgan fingerprint density at radius 2 is 1.94 bits per heavy atom. The van der Waals surface area contributed by atoms with Crippen LogP contribution in [0.5, 0.6) is 0 Å². The second-order valence-corrected chi connectivity index (χ2v) is 8.80. The first-order valence-corrected chi connectivity index (χ1v) is 11.7. The van der Waals surface area contributed by atoms with Crippen molar-refractivity contribution in [2.75, 3.05) is 33.7 Å². The standard InChI is InChI=1S/C25H35N5O3/c1-5-8-19(6-2)28(4)25(31)23-17-21(30(32)33)10-11-24(23)26-18-22-9-7-14-29(22)20-12-15-27(3)16-13-20/h5-6,8,10-11,17-18,20,22H,7,9,12-16H2,1-4H3/b8-5-,19-6+,26-18?. The molecule has 0 spiro atoms. The van der Waals surface area contributed by atoms with Gasteiger partial charge in [0.2, 0.25) is 0 Å². The van der Waals surface area contributed by atoms with Crippen molar-refractivity contribution in [3.05, 3.63) is 57.8 Å². The zero-order valence-electron chi connectivity index (χ0n) is 20.1. The Balaban J connectivity index is 1.87. The molecule has 0 saturated carbocycles. The van der Waals surface area contributed by atoms with Gasteiger partial charge in [0.15, 0.2) is 0 Å². The van der Waals surface area contributed by atoms with E-state index in [2.05, 4.69) is 16.8 Å². The molecule has 2 heterocycles. The molecule has 0 aliphatic carbocycles. The fraction of sp³-hybridized carbons (Fsp3) is 0.520. The molecular weight excluding hydrogens is 418 g/mol. The lowest BCUT2D eigenvalue weighted by Gasteiger charge is -2.37. The fourth-order valence-electron chi connectivity index (χ4n) is 4.71. The van der Waals surface area contributed by atoms with E-state index < -0.39 is 4.92 Å². The Bertz CT molecular complexity index is 947. The highest BCUT2D eigenvalue weighted by atomic mass is 16.6. The minimum atomic E-state index is -0.481. The molecule has 1 unspecified atom stereocenters. The van der Waals surface area contributed by atoms with Crippen LogP contribution in [0.2, 0.25) is 0 Å². The molecule has 1 amide bonds. The second kappa shape index (κ2) is 11.3. The normalized spacial score (nSPS) is 21.3. The van der Waals surface area contributed by atoms with Crippen molar-refractivity contribution in [1.82, 2.24) is 14.7 Å². The van der Waals surface area contributed by atoms with Crippen LogP contribution in [0.1, 0.15) is 49.9 Å². The minimum Gasteiger partial charge on any atom is -0.312 e. The number of hydrogen-bond donors (Lipinski definition) is 0. The van der Waals surface area contributed by atoms with Crippen LogP contribution in [0.4, 0.5) is 11.4 Å². The highest BCUT2D eigenvalue weighted by Gasteiger charge is 2.31. The smallest absolute Gasteiger partial charge is 0.270 e. The van der Waals surface area contributed by atoms with Crippen LogP contribution in [0.3, 0.4) is 0 Å². The largest absolute Gasteiger partial charge is 0.312 e. The quantitative estimate of drug-likeness (QED) is 0.264. The number of likely N-dealkylation sites (tertiary alicyclic amines) is 2. The van der Waals surface area contributed by atoms with E-state index in [1.165, 1.54) is 17.0 Å². The summed E-state index contributed by atoms with van der Waals surface area (Å²) in [6.07, 6.45) is 11.9. The number of piperidine rings is 1. The van der Waals surface area contributed by atoms with Crippen LogP contribution >= 0.6 is 0 Å². The van der Waals surface area contributed by atoms with E-state index in [-0.39, 0.29) is 23.2 Å². The molecule has 2 fully saturated rings. The monoisotopic (exact) mass is 453 g/mol. The zero-order valence-corrected chi connectivity index (χ0v) is 20.1. The Labute approximate surface area is 196 Å². The first kappa shape index (κ1) is 24.8. The van der Waals surface area contributed by atoms with E-state index in [4.69, 9.17) is 4.99 Å².